The van der Waals surface area contributed by atoms with Crippen LogP contribution in [0.25, 0.3) is 5.95 Å². The molecule has 0 fully saturated rings. The normalized spacial score (nSPS) is 15.8. The molecule has 1 N–H and O–H groups in total. The highest BCUT2D eigenvalue weighted by molar-refractivity contribution is 5.95. The molecular formula is C19H19N5O3. The molecule has 0 radical (unpaired) electrons. The van der Waals surface area contributed by atoms with Crippen LogP contribution in [0.2, 0.25) is 0 Å². The molecule has 0 aliphatic carbocycles. The van der Waals surface area contributed by atoms with Crippen molar-refractivity contribution in [1.29, 1.82) is 0 Å². The van der Waals surface area contributed by atoms with Crippen molar-refractivity contribution in [3.8, 4) is 17.4 Å². The third-order valence-electron chi connectivity index (χ3n) is 4.65. The van der Waals surface area contributed by atoms with Crippen LogP contribution >= 0.6 is 0 Å². The Labute approximate surface area is 156 Å². The van der Waals surface area contributed by atoms with Crippen LogP contribution in [0.3, 0.4) is 0 Å². The molecule has 4 rings (SSSR count). The Morgan fingerprint density at radius 3 is 2.63 bits per heavy atom. The molecule has 138 valence electrons. The van der Waals surface area contributed by atoms with Crippen molar-refractivity contribution < 1.29 is 14.3 Å². The summed E-state index contributed by atoms with van der Waals surface area (Å²) < 4.78 is 12.6. The van der Waals surface area contributed by atoms with Crippen LogP contribution in [0.4, 0.5) is 5.82 Å². The summed E-state index contributed by atoms with van der Waals surface area (Å²) in [6.45, 7) is 1.91. The fourth-order valence-corrected chi connectivity index (χ4v) is 3.54. The first-order chi connectivity index (χ1) is 13.1. The second-order valence-corrected chi connectivity index (χ2v) is 6.20. The molecule has 1 aromatic carbocycles. The van der Waals surface area contributed by atoms with E-state index in [-0.39, 0.29) is 11.8 Å². The lowest BCUT2D eigenvalue weighted by Crippen LogP contribution is -2.25. The zero-order chi connectivity index (χ0) is 19.0. The largest absolute Gasteiger partial charge is 0.493 e. The van der Waals surface area contributed by atoms with Gasteiger partial charge in [0.1, 0.15) is 5.82 Å². The van der Waals surface area contributed by atoms with E-state index in [1.54, 1.807) is 37.4 Å². The number of rotatable bonds is 4. The Morgan fingerprint density at radius 1 is 1.15 bits per heavy atom. The van der Waals surface area contributed by atoms with Crippen LogP contribution in [0.5, 0.6) is 11.5 Å². The van der Waals surface area contributed by atoms with E-state index in [0.29, 0.717) is 29.7 Å². The number of methoxy groups -OCH3 is 2. The minimum absolute atomic E-state index is 0.102. The van der Waals surface area contributed by atoms with E-state index in [2.05, 4.69) is 20.4 Å². The van der Waals surface area contributed by atoms with E-state index >= 15 is 0 Å². The molecule has 0 saturated carbocycles. The lowest BCUT2D eigenvalue weighted by Gasteiger charge is -2.26. The Hall–Kier alpha value is -3.42. The van der Waals surface area contributed by atoms with Crippen molar-refractivity contribution >= 4 is 11.7 Å². The highest BCUT2D eigenvalue weighted by atomic mass is 16.5. The number of fused-ring (bicyclic) bond motifs is 1. The molecule has 1 atom stereocenters. The number of ether oxygens (including phenoxy) is 2. The molecule has 0 saturated heterocycles. The number of para-hydroxylation sites is 1. The van der Waals surface area contributed by atoms with E-state index in [1.165, 1.54) is 0 Å². The van der Waals surface area contributed by atoms with Gasteiger partial charge in [-0.15, -0.1) is 0 Å². The van der Waals surface area contributed by atoms with Crippen molar-refractivity contribution in [2.45, 2.75) is 19.3 Å². The van der Waals surface area contributed by atoms with Crippen molar-refractivity contribution in [3.63, 3.8) is 0 Å². The van der Waals surface area contributed by atoms with Gasteiger partial charge in [-0.25, -0.2) is 9.97 Å². The Balaban J connectivity index is 1.91. The molecule has 1 amide bonds. The van der Waals surface area contributed by atoms with Crippen LogP contribution in [-0.4, -0.2) is 39.9 Å². The molecule has 8 heteroatoms. The van der Waals surface area contributed by atoms with Crippen LogP contribution in [-0.2, 0) is 4.79 Å². The first kappa shape index (κ1) is 17.0. The van der Waals surface area contributed by atoms with E-state index in [9.17, 15) is 4.79 Å². The van der Waals surface area contributed by atoms with Gasteiger partial charge in [0.05, 0.1) is 19.9 Å². The third-order valence-corrected chi connectivity index (χ3v) is 4.65. The highest BCUT2D eigenvalue weighted by Crippen LogP contribution is 2.45. The standard InChI is InChI=1S/C19H19N5O3/c1-11-16-13(12-6-4-7-14(26-2)17(12)27-3)10-15(25)22-18(16)24(23-11)19-20-8-5-9-21-19/h4-9,13H,10H2,1-3H3,(H,22,25). The number of anilines is 1. The number of hydrogen-bond donors (Lipinski definition) is 1. The number of carbonyl (C=O) groups is 1. The summed E-state index contributed by atoms with van der Waals surface area (Å²) in [7, 11) is 3.19. The van der Waals surface area contributed by atoms with Gasteiger partial charge in [-0.1, -0.05) is 12.1 Å². The van der Waals surface area contributed by atoms with Gasteiger partial charge >= 0.3 is 0 Å². The van der Waals surface area contributed by atoms with Gasteiger partial charge in [0.2, 0.25) is 5.91 Å². The maximum Gasteiger partial charge on any atom is 0.252 e. The van der Waals surface area contributed by atoms with Gasteiger partial charge in [-0.3, -0.25) is 4.79 Å². The SMILES string of the molecule is COc1cccc(C2CC(=O)Nc3c2c(C)nn3-c2ncccn2)c1OC. The van der Waals surface area contributed by atoms with Gasteiger partial charge in [0, 0.05) is 35.9 Å². The second-order valence-electron chi connectivity index (χ2n) is 6.20. The molecule has 0 bridgehead atoms. The van der Waals surface area contributed by atoms with Crippen LogP contribution < -0.4 is 14.8 Å². The summed E-state index contributed by atoms with van der Waals surface area (Å²) >= 11 is 0. The van der Waals surface area contributed by atoms with Gasteiger partial charge < -0.3 is 14.8 Å². The van der Waals surface area contributed by atoms with Crippen molar-refractivity contribution in [2.24, 2.45) is 0 Å². The van der Waals surface area contributed by atoms with Crippen LogP contribution in [0.15, 0.2) is 36.7 Å². The molecule has 1 aliphatic heterocycles. The molecular weight excluding hydrogens is 346 g/mol. The number of nitrogens with one attached hydrogen (secondary N) is 1. The maximum absolute atomic E-state index is 12.5. The Bertz CT molecular complexity index is 1000. The predicted molar refractivity (Wildman–Crippen MR) is 98.5 cm³/mol. The number of hydrogen-bond acceptors (Lipinski definition) is 6. The van der Waals surface area contributed by atoms with Gasteiger partial charge in [0.25, 0.3) is 5.95 Å². The van der Waals surface area contributed by atoms with E-state index < -0.39 is 0 Å². The Morgan fingerprint density at radius 2 is 1.93 bits per heavy atom. The first-order valence-corrected chi connectivity index (χ1v) is 8.51. The quantitative estimate of drug-likeness (QED) is 0.764. The van der Waals surface area contributed by atoms with Crippen LogP contribution in [0, 0.1) is 6.92 Å². The van der Waals surface area contributed by atoms with E-state index in [4.69, 9.17) is 9.47 Å². The minimum atomic E-state index is -0.212. The average molecular weight is 365 g/mol. The zero-order valence-corrected chi connectivity index (χ0v) is 15.3. The average Bonchev–Trinajstić information content (AvgIpc) is 3.03. The fourth-order valence-electron chi connectivity index (χ4n) is 3.54. The minimum Gasteiger partial charge on any atom is -0.493 e. The second kappa shape index (κ2) is 6.71. The third kappa shape index (κ3) is 2.79. The summed E-state index contributed by atoms with van der Waals surface area (Å²) in [5.41, 5.74) is 2.60. The summed E-state index contributed by atoms with van der Waals surface area (Å²) in [6, 6.07) is 7.40. The number of nitrogens with zero attached hydrogens (tertiary/aromatic N) is 4. The topological polar surface area (TPSA) is 91.2 Å². The summed E-state index contributed by atoms with van der Waals surface area (Å²) in [5, 5.41) is 7.50. The zero-order valence-electron chi connectivity index (χ0n) is 15.3. The van der Waals surface area contributed by atoms with E-state index in [0.717, 1.165) is 16.8 Å². The summed E-state index contributed by atoms with van der Waals surface area (Å²) in [5.74, 6) is 1.92. The molecule has 1 aliphatic rings. The number of benzene rings is 1. The maximum atomic E-state index is 12.5. The predicted octanol–water partition coefficient (Wildman–Crippen LogP) is 2.46. The fraction of sp³-hybridized carbons (Fsp3) is 0.263. The summed E-state index contributed by atoms with van der Waals surface area (Å²) in [6.07, 6.45) is 3.57. The van der Waals surface area contributed by atoms with Gasteiger partial charge in [-0.2, -0.15) is 9.78 Å². The molecule has 3 heterocycles. The van der Waals surface area contributed by atoms with Crippen LogP contribution in [0.1, 0.15) is 29.2 Å². The van der Waals surface area contributed by atoms with E-state index in [1.807, 2.05) is 25.1 Å². The number of amides is 1. The lowest BCUT2D eigenvalue weighted by molar-refractivity contribution is -0.116. The van der Waals surface area contributed by atoms with Crippen molar-refractivity contribution in [1.82, 2.24) is 19.7 Å². The molecule has 8 nitrogen and oxygen atoms in total. The molecule has 0 spiro atoms. The molecule has 3 aromatic rings. The molecule has 2 aromatic heterocycles. The summed E-state index contributed by atoms with van der Waals surface area (Å²) in [4.78, 5) is 21.0. The number of aryl methyl sites for hydroxylation is 1. The lowest BCUT2D eigenvalue weighted by atomic mass is 9.85. The number of carbonyl (C=O) groups excluding carboxylic acids is 1. The molecule has 1 unspecified atom stereocenters. The van der Waals surface area contributed by atoms with Gasteiger partial charge in [0.15, 0.2) is 11.5 Å². The first-order valence-electron chi connectivity index (χ1n) is 8.51. The molecule has 27 heavy (non-hydrogen) atoms. The Kier molecular flexibility index (Phi) is 4.23. The number of aromatic nitrogens is 4. The van der Waals surface area contributed by atoms with Crippen molar-refractivity contribution in [2.75, 3.05) is 19.5 Å². The van der Waals surface area contributed by atoms with Gasteiger partial charge in [-0.05, 0) is 19.1 Å². The van der Waals surface area contributed by atoms with Crippen molar-refractivity contribution in [3.05, 3.63) is 53.5 Å². The highest BCUT2D eigenvalue weighted by Gasteiger charge is 2.35. The smallest absolute Gasteiger partial charge is 0.252 e. The monoisotopic (exact) mass is 365 g/mol.